The Morgan fingerprint density at radius 3 is 2.42 bits per heavy atom. The number of imide groups is 1. The Labute approximate surface area is 113 Å². The van der Waals surface area contributed by atoms with Gasteiger partial charge in [-0.2, -0.15) is 0 Å². The lowest BCUT2D eigenvalue weighted by atomic mass is 10.0. The molecule has 2 N–H and O–H groups in total. The third-order valence-electron chi connectivity index (χ3n) is 3.35. The van der Waals surface area contributed by atoms with Gasteiger partial charge in [0.2, 0.25) is 5.91 Å². The Hall–Kier alpha value is -1.59. The monoisotopic (exact) mass is 270 g/mol. The molecular weight excluding hydrogens is 248 g/mol. The quantitative estimate of drug-likeness (QED) is 0.809. The van der Waals surface area contributed by atoms with Crippen molar-refractivity contribution in [1.29, 1.82) is 0 Å². The van der Waals surface area contributed by atoms with Gasteiger partial charge in [-0.25, -0.2) is 4.79 Å². The van der Waals surface area contributed by atoms with E-state index in [1.165, 1.54) is 0 Å². The van der Waals surface area contributed by atoms with E-state index in [-0.39, 0.29) is 30.8 Å². The van der Waals surface area contributed by atoms with E-state index >= 15 is 0 Å². The van der Waals surface area contributed by atoms with E-state index in [4.69, 9.17) is 5.11 Å². The van der Waals surface area contributed by atoms with Crippen molar-refractivity contribution in [1.82, 2.24) is 10.2 Å². The Balaban J connectivity index is 2.40. The number of carbonyl (C=O) groups is 3. The lowest BCUT2D eigenvalue weighted by Gasteiger charge is -2.21. The molecule has 3 atom stereocenters. The summed E-state index contributed by atoms with van der Waals surface area (Å²) in [6.07, 6.45) is 0.922. The number of urea groups is 1. The smallest absolute Gasteiger partial charge is 0.324 e. The minimum absolute atomic E-state index is 0.0514. The van der Waals surface area contributed by atoms with E-state index in [1.54, 1.807) is 11.8 Å². The molecule has 1 fully saturated rings. The van der Waals surface area contributed by atoms with Crippen LogP contribution in [0.3, 0.4) is 0 Å². The van der Waals surface area contributed by atoms with Crippen LogP contribution in [0.4, 0.5) is 4.79 Å². The molecule has 1 saturated heterocycles. The predicted molar refractivity (Wildman–Crippen MR) is 69.5 cm³/mol. The van der Waals surface area contributed by atoms with Crippen LogP contribution in [0, 0.1) is 11.8 Å². The summed E-state index contributed by atoms with van der Waals surface area (Å²) in [5, 5.41) is 10.9. The standard InChI is InChI=1S/C13H22N2O4/c1-8(6-12(17)18)5-11(16)14-13(19)15-7-9(2)4-10(15)3/h8-10H,4-7H2,1-3H3,(H,17,18)(H,14,16,19). The van der Waals surface area contributed by atoms with Gasteiger partial charge in [-0.05, 0) is 25.2 Å². The molecule has 1 rings (SSSR count). The highest BCUT2D eigenvalue weighted by Gasteiger charge is 2.30. The number of carboxylic acids is 1. The molecule has 0 aromatic carbocycles. The molecule has 3 amide bonds. The van der Waals surface area contributed by atoms with Gasteiger partial charge in [0.1, 0.15) is 0 Å². The van der Waals surface area contributed by atoms with E-state index in [2.05, 4.69) is 12.2 Å². The maximum absolute atomic E-state index is 11.9. The van der Waals surface area contributed by atoms with E-state index < -0.39 is 11.9 Å². The average molecular weight is 270 g/mol. The summed E-state index contributed by atoms with van der Waals surface area (Å²) in [5.74, 6) is -1.18. The van der Waals surface area contributed by atoms with Crippen LogP contribution in [0.25, 0.3) is 0 Å². The highest BCUT2D eigenvalue weighted by Crippen LogP contribution is 2.22. The first-order valence-corrected chi connectivity index (χ1v) is 6.61. The van der Waals surface area contributed by atoms with Crippen molar-refractivity contribution in [3.8, 4) is 0 Å². The first-order chi connectivity index (χ1) is 8.79. The molecule has 19 heavy (non-hydrogen) atoms. The van der Waals surface area contributed by atoms with Gasteiger partial charge in [-0.3, -0.25) is 14.9 Å². The number of amides is 3. The molecule has 0 aliphatic carbocycles. The molecule has 0 aromatic rings. The van der Waals surface area contributed by atoms with Gasteiger partial charge >= 0.3 is 12.0 Å². The number of likely N-dealkylation sites (tertiary alicyclic amines) is 1. The van der Waals surface area contributed by atoms with Crippen LogP contribution in [-0.4, -0.2) is 40.5 Å². The average Bonchev–Trinajstić information content (AvgIpc) is 2.55. The lowest BCUT2D eigenvalue weighted by Crippen LogP contribution is -2.44. The largest absolute Gasteiger partial charge is 0.481 e. The molecule has 3 unspecified atom stereocenters. The summed E-state index contributed by atoms with van der Waals surface area (Å²) >= 11 is 0. The van der Waals surface area contributed by atoms with Crippen molar-refractivity contribution >= 4 is 17.9 Å². The first kappa shape index (κ1) is 15.5. The molecular formula is C13H22N2O4. The SMILES string of the molecule is CC(CC(=O)O)CC(=O)NC(=O)N1CC(C)CC1C. The Bertz CT molecular complexity index is 370. The van der Waals surface area contributed by atoms with E-state index in [0.29, 0.717) is 12.5 Å². The van der Waals surface area contributed by atoms with Crippen molar-refractivity contribution in [2.75, 3.05) is 6.54 Å². The van der Waals surface area contributed by atoms with Crippen LogP contribution in [0.1, 0.15) is 40.0 Å². The summed E-state index contributed by atoms with van der Waals surface area (Å²) in [7, 11) is 0. The maximum atomic E-state index is 11.9. The van der Waals surface area contributed by atoms with Gasteiger partial charge < -0.3 is 10.0 Å². The Kier molecular flexibility index (Phi) is 5.32. The lowest BCUT2D eigenvalue weighted by molar-refractivity contribution is -0.138. The van der Waals surface area contributed by atoms with Crippen LogP contribution < -0.4 is 5.32 Å². The molecule has 1 aliphatic heterocycles. The number of rotatable bonds is 4. The highest BCUT2D eigenvalue weighted by atomic mass is 16.4. The third kappa shape index (κ3) is 4.89. The zero-order chi connectivity index (χ0) is 14.6. The van der Waals surface area contributed by atoms with E-state index in [9.17, 15) is 14.4 Å². The number of aliphatic carboxylic acids is 1. The molecule has 0 spiro atoms. The van der Waals surface area contributed by atoms with Crippen LogP contribution in [0.15, 0.2) is 0 Å². The number of nitrogens with zero attached hydrogens (tertiary/aromatic N) is 1. The summed E-state index contributed by atoms with van der Waals surface area (Å²) in [4.78, 5) is 35.7. The second-order valence-electron chi connectivity index (χ2n) is 5.60. The van der Waals surface area contributed by atoms with Crippen molar-refractivity contribution in [3.63, 3.8) is 0 Å². The maximum Gasteiger partial charge on any atom is 0.324 e. The molecule has 1 aliphatic rings. The van der Waals surface area contributed by atoms with Gasteiger partial charge in [0.25, 0.3) is 0 Å². The van der Waals surface area contributed by atoms with Crippen LogP contribution in [0.2, 0.25) is 0 Å². The Morgan fingerprint density at radius 1 is 1.32 bits per heavy atom. The fraction of sp³-hybridized carbons (Fsp3) is 0.769. The van der Waals surface area contributed by atoms with Crippen molar-refractivity contribution in [2.24, 2.45) is 11.8 Å². The topological polar surface area (TPSA) is 86.7 Å². The molecule has 0 saturated carbocycles. The molecule has 0 radical (unpaired) electrons. The normalized spacial score (nSPS) is 24.1. The molecule has 6 heteroatoms. The van der Waals surface area contributed by atoms with Crippen molar-refractivity contribution in [3.05, 3.63) is 0 Å². The minimum Gasteiger partial charge on any atom is -0.481 e. The van der Waals surface area contributed by atoms with Crippen LogP contribution in [0.5, 0.6) is 0 Å². The predicted octanol–water partition coefficient (Wildman–Crippen LogP) is 1.45. The fourth-order valence-corrected chi connectivity index (χ4v) is 2.51. The molecule has 108 valence electrons. The second kappa shape index (κ2) is 6.54. The Morgan fingerprint density at radius 2 is 1.95 bits per heavy atom. The van der Waals surface area contributed by atoms with Gasteiger partial charge in [-0.15, -0.1) is 0 Å². The number of carboxylic acid groups (broad SMARTS) is 1. The summed E-state index contributed by atoms with van der Waals surface area (Å²) < 4.78 is 0. The summed E-state index contributed by atoms with van der Waals surface area (Å²) in [5.41, 5.74) is 0. The van der Waals surface area contributed by atoms with Gasteiger partial charge in [0.15, 0.2) is 0 Å². The minimum atomic E-state index is -0.936. The number of hydrogen-bond acceptors (Lipinski definition) is 3. The van der Waals surface area contributed by atoms with Crippen LogP contribution in [-0.2, 0) is 9.59 Å². The highest BCUT2D eigenvalue weighted by molar-refractivity contribution is 5.94. The summed E-state index contributed by atoms with van der Waals surface area (Å²) in [6, 6.07) is -0.233. The molecule has 6 nitrogen and oxygen atoms in total. The van der Waals surface area contributed by atoms with Crippen LogP contribution >= 0.6 is 0 Å². The zero-order valence-electron chi connectivity index (χ0n) is 11.7. The third-order valence-corrected chi connectivity index (χ3v) is 3.35. The number of carbonyl (C=O) groups excluding carboxylic acids is 2. The molecule has 0 aromatic heterocycles. The van der Waals surface area contributed by atoms with Crippen molar-refractivity contribution < 1.29 is 19.5 Å². The fourth-order valence-electron chi connectivity index (χ4n) is 2.51. The first-order valence-electron chi connectivity index (χ1n) is 6.61. The molecule has 1 heterocycles. The number of nitrogens with one attached hydrogen (secondary N) is 1. The zero-order valence-corrected chi connectivity index (χ0v) is 11.7. The van der Waals surface area contributed by atoms with E-state index in [1.807, 2.05) is 6.92 Å². The van der Waals surface area contributed by atoms with Gasteiger partial charge in [0, 0.05) is 25.4 Å². The van der Waals surface area contributed by atoms with E-state index in [0.717, 1.165) is 6.42 Å². The van der Waals surface area contributed by atoms with Gasteiger partial charge in [0.05, 0.1) is 0 Å². The van der Waals surface area contributed by atoms with Crippen molar-refractivity contribution in [2.45, 2.75) is 46.1 Å². The van der Waals surface area contributed by atoms with Gasteiger partial charge in [-0.1, -0.05) is 13.8 Å². The number of hydrogen-bond donors (Lipinski definition) is 2. The molecule has 0 bridgehead atoms. The summed E-state index contributed by atoms with van der Waals surface area (Å²) in [6.45, 7) is 6.37. The second-order valence-corrected chi connectivity index (χ2v) is 5.60.